The standard InChI is InChI=1S/C30H22O2S2/c33-29-23(21-11-3-1-4-12-21)15-9-19-27(29)31-25-17-7-8-18-26(25)32-28-20-10-16-24(30(28)34)22-13-5-2-6-14-22/h1-20,33-34H. The Hall–Kier alpha value is -3.60. The molecule has 4 heteroatoms. The number of para-hydroxylation sites is 2. The van der Waals surface area contributed by atoms with Gasteiger partial charge in [-0.2, -0.15) is 0 Å². The average molecular weight is 479 g/mol. The first kappa shape index (κ1) is 22.2. The molecule has 0 aliphatic carbocycles. The summed E-state index contributed by atoms with van der Waals surface area (Å²) >= 11 is 9.56. The van der Waals surface area contributed by atoms with E-state index in [0.717, 1.165) is 32.0 Å². The summed E-state index contributed by atoms with van der Waals surface area (Å²) in [5.74, 6) is 2.51. The molecule has 0 aromatic heterocycles. The van der Waals surface area contributed by atoms with Crippen molar-refractivity contribution in [3.63, 3.8) is 0 Å². The third kappa shape index (κ3) is 4.69. The van der Waals surface area contributed by atoms with Crippen LogP contribution in [0.15, 0.2) is 131 Å². The van der Waals surface area contributed by atoms with Crippen LogP contribution in [-0.2, 0) is 0 Å². The van der Waals surface area contributed by atoms with Crippen LogP contribution in [0.2, 0.25) is 0 Å². The predicted molar refractivity (Wildman–Crippen MR) is 145 cm³/mol. The maximum absolute atomic E-state index is 6.30. The third-order valence-corrected chi connectivity index (χ3v) is 6.38. The van der Waals surface area contributed by atoms with Crippen LogP contribution in [0.3, 0.4) is 0 Å². The van der Waals surface area contributed by atoms with Crippen LogP contribution in [-0.4, -0.2) is 0 Å². The fourth-order valence-electron chi connectivity index (χ4n) is 3.77. The van der Waals surface area contributed by atoms with Gasteiger partial charge in [0, 0.05) is 0 Å². The smallest absolute Gasteiger partial charge is 0.170 e. The molecular formula is C30H22O2S2. The van der Waals surface area contributed by atoms with Crippen LogP contribution in [0.1, 0.15) is 0 Å². The maximum Gasteiger partial charge on any atom is 0.170 e. The Balaban J connectivity index is 1.46. The summed E-state index contributed by atoms with van der Waals surface area (Å²) in [6, 6.07) is 39.7. The van der Waals surface area contributed by atoms with E-state index < -0.39 is 0 Å². The first-order valence-corrected chi connectivity index (χ1v) is 11.8. The fourth-order valence-corrected chi connectivity index (χ4v) is 4.41. The first-order chi connectivity index (χ1) is 16.7. The lowest BCUT2D eigenvalue weighted by Crippen LogP contribution is -1.93. The minimum atomic E-state index is 0.598. The molecule has 5 aromatic carbocycles. The second-order valence-electron chi connectivity index (χ2n) is 7.69. The van der Waals surface area contributed by atoms with Crippen molar-refractivity contribution in [3.05, 3.63) is 121 Å². The molecule has 0 bridgehead atoms. The van der Waals surface area contributed by atoms with E-state index in [-0.39, 0.29) is 0 Å². The van der Waals surface area contributed by atoms with Gasteiger partial charge in [-0.25, -0.2) is 0 Å². The molecule has 5 rings (SSSR count). The van der Waals surface area contributed by atoms with E-state index in [4.69, 9.17) is 34.7 Å². The molecule has 0 aliphatic rings. The quantitative estimate of drug-likeness (QED) is 0.237. The Morgan fingerprint density at radius 3 is 1.12 bits per heavy atom. The molecule has 0 aliphatic heterocycles. The topological polar surface area (TPSA) is 18.5 Å². The fraction of sp³-hybridized carbons (Fsp3) is 0. The highest BCUT2D eigenvalue weighted by Crippen LogP contribution is 2.42. The minimum Gasteiger partial charge on any atom is -0.452 e. The lowest BCUT2D eigenvalue weighted by atomic mass is 10.1. The molecular weight excluding hydrogens is 456 g/mol. The highest BCUT2D eigenvalue weighted by molar-refractivity contribution is 7.80. The number of benzene rings is 5. The summed E-state index contributed by atoms with van der Waals surface area (Å²) in [5.41, 5.74) is 4.18. The van der Waals surface area contributed by atoms with Gasteiger partial charge in [-0.05, 0) is 46.5 Å². The van der Waals surface area contributed by atoms with Crippen molar-refractivity contribution in [2.24, 2.45) is 0 Å². The zero-order valence-corrected chi connectivity index (χ0v) is 20.0. The highest BCUT2D eigenvalue weighted by atomic mass is 32.1. The monoisotopic (exact) mass is 478 g/mol. The van der Waals surface area contributed by atoms with E-state index in [2.05, 4.69) is 24.3 Å². The average Bonchev–Trinajstić information content (AvgIpc) is 2.88. The van der Waals surface area contributed by atoms with E-state index in [0.29, 0.717) is 23.0 Å². The van der Waals surface area contributed by atoms with Gasteiger partial charge < -0.3 is 9.47 Å². The Morgan fingerprint density at radius 2 is 0.706 bits per heavy atom. The van der Waals surface area contributed by atoms with Crippen LogP contribution in [0.25, 0.3) is 22.3 Å². The molecule has 166 valence electrons. The third-order valence-electron chi connectivity index (χ3n) is 5.46. The number of hydrogen-bond donors (Lipinski definition) is 2. The van der Waals surface area contributed by atoms with Crippen molar-refractivity contribution in [2.45, 2.75) is 9.79 Å². The van der Waals surface area contributed by atoms with Gasteiger partial charge in [-0.1, -0.05) is 97.1 Å². The maximum atomic E-state index is 6.30. The molecule has 0 atom stereocenters. The van der Waals surface area contributed by atoms with E-state index in [1.54, 1.807) is 0 Å². The second-order valence-corrected chi connectivity index (χ2v) is 8.58. The summed E-state index contributed by atoms with van der Waals surface area (Å²) in [4.78, 5) is 1.54. The molecule has 0 saturated heterocycles. The van der Waals surface area contributed by atoms with Crippen LogP contribution < -0.4 is 9.47 Å². The predicted octanol–water partition coefficient (Wildman–Crippen LogP) is 9.18. The molecule has 0 radical (unpaired) electrons. The number of ether oxygens (including phenoxy) is 2. The molecule has 34 heavy (non-hydrogen) atoms. The van der Waals surface area contributed by atoms with Gasteiger partial charge in [0.2, 0.25) is 0 Å². The number of thiol groups is 2. The molecule has 5 aromatic rings. The van der Waals surface area contributed by atoms with Gasteiger partial charge in [0.05, 0.1) is 9.79 Å². The van der Waals surface area contributed by atoms with Gasteiger partial charge in [0.25, 0.3) is 0 Å². The number of rotatable bonds is 6. The lowest BCUT2D eigenvalue weighted by molar-refractivity contribution is 0.409. The van der Waals surface area contributed by atoms with Crippen LogP contribution in [0.5, 0.6) is 23.0 Å². The van der Waals surface area contributed by atoms with Crippen LogP contribution >= 0.6 is 25.3 Å². The van der Waals surface area contributed by atoms with Gasteiger partial charge in [-0.15, -0.1) is 25.3 Å². The van der Waals surface area contributed by atoms with Gasteiger partial charge in [0.1, 0.15) is 11.5 Å². The van der Waals surface area contributed by atoms with Crippen molar-refractivity contribution >= 4 is 25.3 Å². The zero-order valence-electron chi connectivity index (χ0n) is 18.3. The summed E-state index contributed by atoms with van der Waals surface area (Å²) in [6.45, 7) is 0. The van der Waals surface area contributed by atoms with E-state index >= 15 is 0 Å². The molecule has 0 unspecified atom stereocenters. The minimum absolute atomic E-state index is 0.598. The molecule has 0 fully saturated rings. The highest BCUT2D eigenvalue weighted by Gasteiger charge is 2.14. The van der Waals surface area contributed by atoms with Gasteiger partial charge >= 0.3 is 0 Å². The van der Waals surface area contributed by atoms with Crippen LogP contribution in [0.4, 0.5) is 0 Å². The van der Waals surface area contributed by atoms with Crippen molar-refractivity contribution in [2.75, 3.05) is 0 Å². The van der Waals surface area contributed by atoms with Crippen molar-refractivity contribution < 1.29 is 9.47 Å². The van der Waals surface area contributed by atoms with Crippen molar-refractivity contribution in [3.8, 4) is 45.3 Å². The molecule has 0 heterocycles. The summed E-state index contributed by atoms with van der Waals surface area (Å²) in [7, 11) is 0. The normalized spacial score (nSPS) is 10.6. The SMILES string of the molecule is Sc1c(Oc2ccccc2Oc2cccc(-c3ccccc3)c2S)cccc1-c1ccccc1. The lowest BCUT2D eigenvalue weighted by Gasteiger charge is -2.16. The second kappa shape index (κ2) is 10.1. The Bertz CT molecular complexity index is 1310. The Labute approximate surface area is 210 Å². The van der Waals surface area contributed by atoms with Gasteiger partial charge in [0.15, 0.2) is 11.5 Å². The van der Waals surface area contributed by atoms with E-state index in [9.17, 15) is 0 Å². The molecule has 0 N–H and O–H groups in total. The Kier molecular flexibility index (Phi) is 6.61. The molecule has 0 saturated carbocycles. The number of hydrogen-bond acceptors (Lipinski definition) is 4. The van der Waals surface area contributed by atoms with E-state index in [1.807, 2.05) is 97.1 Å². The van der Waals surface area contributed by atoms with Crippen LogP contribution in [0, 0.1) is 0 Å². The molecule has 0 amide bonds. The molecule has 0 spiro atoms. The zero-order chi connectivity index (χ0) is 23.3. The summed E-state index contributed by atoms with van der Waals surface area (Å²) in [6.07, 6.45) is 0. The van der Waals surface area contributed by atoms with Crippen molar-refractivity contribution in [1.29, 1.82) is 0 Å². The summed E-state index contributed by atoms with van der Waals surface area (Å²) < 4.78 is 12.6. The first-order valence-electron chi connectivity index (χ1n) is 10.9. The van der Waals surface area contributed by atoms with Gasteiger partial charge in [-0.3, -0.25) is 0 Å². The van der Waals surface area contributed by atoms with Crippen molar-refractivity contribution in [1.82, 2.24) is 0 Å². The molecule has 2 nitrogen and oxygen atoms in total. The van der Waals surface area contributed by atoms with E-state index in [1.165, 1.54) is 0 Å². The summed E-state index contributed by atoms with van der Waals surface area (Å²) in [5, 5.41) is 0. The largest absolute Gasteiger partial charge is 0.452 e. The Morgan fingerprint density at radius 1 is 0.353 bits per heavy atom.